The number of anilines is 1. The maximum Gasteiger partial charge on any atom is 0.241 e. The first-order chi connectivity index (χ1) is 11.5. The van der Waals surface area contributed by atoms with Crippen LogP contribution in [0.15, 0.2) is 6.20 Å². The van der Waals surface area contributed by atoms with Crippen LogP contribution in [0.1, 0.15) is 65.1 Å². The SMILES string of the molecule is CCC[C@@H](Nc1ncc2c(Cl)nc(C3(C)CCC3)n2n1)[C@H](F)CC. The quantitative estimate of drug-likeness (QED) is 0.793. The second-order valence-corrected chi connectivity index (χ2v) is 7.34. The van der Waals surface area contributed by atoms with Gasteiger partial charge in [0.05, 0.1) is 12.2 Å². The summed E-state index contributed by atoms with van der Waals surface area (Å²) in [4.78, 5) is 8.83. The summed E-state index contributed by atoms with van der Waals surface area (Å²) in [5.74, 6) is 1.30. The molecule has 1 N–H and O–H groups in total. The second-order valence-electron chi connectivity index (χ2n) is 6.98. The van der Waals surface area contributed by atoms with Crippen LogP contribution in [0.2, 0.25) is 5.15 Å². The van der Waals surface area contributed by atoms with Crippen LogP contribution in [-0.4, -0.2) is 31.8 Å². The summed E-state index contributed by atoms with van der Waals surface area (Å²) in [6, 6.07) is -0.279. The third-order valence-electron chi connectivity index (χ3n) is 5.09. The molecule has 3 rings (SSSR count). The number of imidazole rings is 1. The molecule has 2 aromatic rings. The molecule has 0 bridgehead atoms. The molecule has 0 spiro atoms. The molecular formula is C17H25ClFN5. The van der Waals surface area contributed by atoms with Gasteiger partial charge in [-0.1, -0.05) is 45.2 Å². The van der Waals surface area contributed by atoms with Crippen molar-refractivity contribution < 1.29 is 4.39 Å². The molecule has 0 aliphatic heterocycles. The number of fused-ring (bicyclic) bond motifs is 1. The molecule has 132 valence electrons. The fraction of sp³-hybridized carbons (Fsp3) is 0.706. The molecule has 0 unspecified atom stereocenters. The van der Waals surface area contributed by atoms with Crippen LogP contribution in [0.5, 0.6) is 0 Å². The van der Waals surface area contributed by atoms with Gasteiger partial charge in [0.1, 0.15) is 17.5 Å². The van der Waals surface area contributed by atoms with Gasteiger partial charge in [0.25, 0.3) is 0 Å². The Balaban J connectivity index is 1.94. The number of rotatable bonds is 7. The monoisotopic (exact) mass is 353 g/mol. The molecule has 2 heterocycles. The van der Waals surface area contributed by atoms with Crippen molar-refractivity contribution in [2.24, 2.45) is 0 Å². The highest BCUT2D eigenvalue weighted by atomic mass is 35.5. The van der Waals surface area contributed by atoms with Gasteiger partial charge >= 0.3 is 0 Å². The summed E-state index contributed by atoms with van der Waals surface area (Å²) in [6.07, 6.45) is 6.22. The smallest absolute Gasteiger partial charge is 0.241 e. The van der Waals surface area contributed by atoms with Crippen LogP contribution in [0.3, 0.4) is 0 Å². The Morgan fingerprint density at radius 1 is 1.42 bits per heavy atom. The lowest BCUT2D eigenvalue weighted by molar-refractivity contribution is 0.252. The fourth-order valence-corrected chi connectivity index (χ4v) is 3.55. The third kappa shape index (κ3) is 3.08. The highest BCUT2D eigenvalue weighted by molar-refractivity contribution is 6.32. The predicted octanol–water partition coefficient (Wildman–Crippen LogP) is 4.55. The maximum absolute atomic E-state index is 14.2. The molecule has 1 aliphatic rings. The van der Waals surface area contributed by atoms with Crippen molar-refractivity contribution in [1.29, 1.82) is 0 Å². The molecular weight excluding hydrogens is 329 g/mol. The van der Waals surface area contributed by atoms with Crippen LogP contribution in [-0.2, 0) is 5.41 Å². The van der Waals surface area contributed by atoms with E-state index in [9.17, 15) is 4.39 Å². The van der Waals surface area contributed by atoms with E-state index in [1.807, 2.05) is 13.8 Å². The summed E-state index contributed by atoms with van der Waals surface area (Å²) in [7, 11) is 0. The van der Waals surface area contributed by atoms with Crippen molar-refractivity contribution in [3.63, 3.8) is 0 Å². The van der Waals surface area contributed by atoms with Crippen LogP contribution < -0.4 is 5.32 Å². The number of hydrogen-bond acceptors (Lipinski definition) is 4. The molecule has 5 nitrogen and oxygen atoms in total. The molecule has 1 saturated carbocycles. The van der Waals surface area contributed by atoms with Crippen molar-refractivity contribution in [2.45, 2.75) is 76.9 Å². The lowest BCUT2D eigenvalue weighted by Gasteiger charge is -2.36. The Morgan fingerprint density at radius 3 is 2.75 bits per heavy atom. The average Bonchev–Trinajstić information content (AvgIpc) is 2.88. The normalized spacial score (nSPS) is 19.0. The first-order valence-electron chi connectivity index (χ1n) is 8.81. The van der Waals surface area contributed by atoms with Crippen LogP contribution in [0.4, 0.5) is 10.3 Å². The Labute approximate surface area is 147 Å². The van der Waals surface area contributed by atoms with E-state index in [1.165, 1.54) is 6.42 Å². The summed E-state index contributed by atoms with van der Waals surface area (Å²) >= 11 is 6.25. The summed E-state index contributed by atoms with van der Waals surface area (Å²) in [5.41, 5.74) is 0.709. The standard InChI is InChI=1S/C17H25ClFN5/c1-4-7-12(11(19)5-2)21-16-20-10-13-14(18)22-15(24(13)23-16)17(3)8-6-9-17/h10-12H,4-9H2,1-3H3,(H,21,23)/t11-,12-/m1/s1. The van der Waals surface area contributed by atoms with E-state index in [4.69, 9.17) is 11.6 Å². The van der Waals surface area contributed by atoms with Crippen molar-refractivity contribution in [3.8, 4) is 0 Å². The average molecular weight is 354 g/mol. The Hall–Kier alpha value is -1.43. The highest BCUT2D eigenvalue weighted by Gasteiger charge is 2.38. The predicted molar refractivity (Wildman–Crippen MR) is 94.5 cm³/mol. The molecule has 24 heavy (non-hydrogen) atoms. The second kappa shape index (κ2) is 6.82. The van der Waals surface area contributed by atoms with Gasteiger partial charge in [0.15, 0.2) is 5.15 Å². The maximum atomic E-state index is 14.2. The minimum atomic E-state index is -0.917. The zero-order valence-corrected chi connectivity index (χ0v) is 15.3. The van der Waals surface area contributed by atoms with E-state index in [0.29, 0.717) is 23.0 Å². The molecule has 2 aromatic heterocycles. The number of halogens is 2. The van der Waals surface area contributed by atoms with E-state index in [-0.39, 0.29) is 11.5 Å². The van der Waals surface area contributed by atoms with Crippen LogP contribution in [0.25, 0.3) is 5.52 Å². The number of aromatic nitrogens is 4. The molecule has 0 amide bonds. The molecule has 2 atom stereocenters. The first-order valence-corrected chi connectivity index (χ1v) is 9.18. The lowest BCUT2D eigenvalue weighted by atomic mass is 9.70. The third-order valence-corrected chi connectivity index (χ3v) is 5.36. The molecule has 7 heteroatoms. The lowest BCUT2D eigenvalue weighted by Crippen LogP contribution is -2.34. The summed E-state index contributed by atoms with van der Waals surface area (Å²) in [6.45, 7) is 6.09. The van der Waals surface area contributed by atoms with Crippen LogP contribution >= 0.6 is 11.6 Å². The van der Waals surface area contributed by atoms with Gasteiger partial charge in [-0.05, 0) is 25.7 Å². The number of alkyl halides is 1. The summed E-state index contributed by atoms with van der Waals surface area (Å²) < 4.78 is 15.9. The van der Waals surface area contributed by atoms with E-state index < -0.39 is 6.17 Å². The van der Waals surface area contributed by atoms with E-state index in [0.717, 1.165) is 31.5 Å². The minimum absolute atomic E-state index is 0.0105. The topological polar surface area (TPSA) is 55.1 Å². The molecule has 1 aliphatic carbocycles. The van der Waals surface area contributed by atoms with Gasteiger partial charge in [-0.3, -0.25) is 0 Å². The number of nitrogens with one attached hydrogen (secondary N) is 1. The minimum Gasteiger partial charge on any atom is -0.347 e. The molecule has 1 fully saturated rings. The largest absolute Gasteiger partial charge is 0.347 e. The van der Waals surface area contributed by atoms with Gasteiger partial charge in [0, 0.05) is 5.41 Å². The van der Waals surface area contributed by atoms with Crippen molar-refractivity contribution in [2.75, 3.05) is 5.32 Å². The van der Waals surface area contributed by atoms with Crippen molar-refractivity contribution in [1.82, 2.24) is 19.6 Å². The van der Waals surface area contributed by atoms with Crippen molar-refractivity contribution >= 4 is 23.1 Å². The van der Waals surface area contributed by atoms with Gasteiger partial charge in [-0.15, -0.1) is 5.10 Å². The molecule has 0 aromatic carbocycles. The van der Waals surface area contributed by atoms with Gasteiger partial charge in [0.2, 0.25) is 5.95 Å². The van der Waals surface area contributed by atoms with Crippen molar-refractivity contribution in [3.05, 3.63) is 17.2 Å². The molecule has 0 radical (unpaired) electrons. The zero-order valence-electron chi connectivity index (χ0n) is 14.5. The van der Waals surface area contributed by atoms with E-state index in [1.54, 1.807) is 10.7 Å². The van der Waals surface area contributed by atoms with Gasteiger partial charge in [-0.25, -0.2) is 18.9 Å². The Morgan fingerprint density at radius 2 is 2.17 bits per heavy atom. The number of hydrogen-bond donors (Lipinski definition) is 1. The van der Waals surface area contributed by atoms with Gasteiger partial charge in [-0.2, -0.15) is 0 Å². The zero-order chi connectivity index (χ0) is 17.3. The van der Waals surface area contributed by atoms with Gasteiger partial charge < -0.3 is 5.32 Å². The summed E-state index contributed by atoms with van der Waals surface area (Å²) in [5, 5.41) is 8.14. The molecule has 0 saturated heterocycles. The van der Waals surface area contributed by atoms with E-state index in [2.05, 4.69) is 27.3 Å². The fourth-order valence-electron chi connectivity index (χ4n) is 3.34. The highest BCUT2D eigenvalue weighted by Crippen LogP contribution is 2.43. The number of nitrogens with zero attached hydrogens (tertiary/aromatic N) is 4. The van der Waals surface area contributed by atoms with E-state index >= 15 is 0 Å². The van der Waals surface area contributed by atoms with Crippen LogP contribution in [0, 0.1) is 0 Å². The Bertz CT molecular complexity index is 712. The first kappa shape index (κ1) is 17.4. The Kier molecular flexibility index (Phi) is 4.95.